The lowest BCUT2D eigenvalue weighted by Crippen LogP contribution is -2.55. The maximum atomic E-state index is 13.9. The molecule has 1 fully saturated rings. The lowest BCUT2D eigenvalue weighted by Gasteiger charge is -2.37. The number of amides is 1. The van der Waals surface area contributed by atoms with Gasteiger partial charge in [-0.25, -0.2) is 8.78 Å². The zero-order valence-electron chi connectivity index (χ0n) is 13.8. The molecule has 1 atom stereocenters. The number of carbonyl (C=O) groups is 1. The summed E-state index contributed by atoms with van der Waals surface area (Å²) in [6.07, 6.45) is 4.50. The van der Waals surface area contributed by atoms with E-state index in [1.54, 1.807) is 30.1 Å². The van der Waals surface area contributed by atoms with Crippen LogP contribution in [0.5, 0.6) is 0 Å². The molecule has 0 spiro atoms. The Labute approximate surface area is 151 Å². The first-order valence-corrected chi connectivity index (χ1v) is 8.00. The average Bonchev–Trinajstić information content (AvgIpc) is 3.10. The minimum absolute atomic E-state index is 0. The molecule has 1 aromatic heterocycles. The van der Waals surface area contributed by atoms with Crippen molar-refractivity contribution in [3.63, 3.8) is 0 Å². The summed E-state index contributed by atoms with van der Waals surface area (Å²) in [6, 6.07) is 4.67. The van der Waals surface area contributed by atoms with Crippen molar-refractivity contribution in [3.8, 4) is 0 Å². The highest BCUT2D eigenvalue weighted by atomic mass is 35.5. The van der Waals surface area contributed by atoms with Crippen LogP contribution in [0.15, 0.2) is 36.7 Å². The van der Waals surface area contributed by atoms with Gasteiger partial charge in [-0.2, -0.15) is 5.10 Å². The van der Waals surface area contributed by atoms with E-state index >= 15 is 0 Å². The number of benzene rings is 1. The summed E-state index contributed by atoms with van der Waals surface area (Å²) in [5, 5.41) is 10.2. The number of hydrogen-bond acceptors (Lipinski definition) is 3. The van der Waals surface area contributed by atoms with Crippen molar-refractivity contribution < 1.29 is 13.6 Å². The van der Waals surface area contributed by atoms with E-state index in [0.717, 1.165) is 0 Å². The molecule has 1 aliphatic rings. The van der Waals surface area contributed by atoms with Crippen LogP contribution in [0.1, 0.15) is 31.4 Å². The number of rotatable bonds is 4. The molecule has 1 saturated heterocycles. The van der Waals surface area contributed by atoms with E-state index in [1.807, 2.05) is 0 Å². The van der Waals surface area contributed by atoms with Gasteiger partial charge in [0.05, 0.1) is 6.04 Å². The minimum Gasteiger partial charge on any atom is -0.347 e. The third kappa shape index (κ3) is 3.67. The summed E-state index contributed by atoms with van der Waals surface area (Å²) in [6.45, 7) is 2.93. The van der Waals surface area contributed by atoms with Gasteiger partial charge in [0.15, 0.2) is 0 Å². The molecule has 1 unspecified atom stereocenters. The smallest absolute Gasteiger partial charge is 0.248 e. The largest absolute Gasteiger partial charge is 0.347 e. The standard InChI is InChI=1S/C17H20F2N4O.ClH/c1-12(15-13(18)4-2-5-14(15)19)22-16(24)17(6-9-20-10-7-17)23-11-3-8-21-23;/h2-5,8,11-12,20H,6-7,9-10H2,1H3,(H,22,24);1H. The van der Waals surface area contributed by atoms with E-state index in [9.17, 15) is 13.6 Å². The van der Waals surface area contributed by atoms with Gasteiger partial charge in [0.2, 0.25) is 5.91 Å². The molecule has 0 saturated carbocycles. The number of nitrogens with zero attached hydrogens (tertiary/aromatic N) is 2. The quantitative estimate of drug-likeness (QED) is 0.869. The molecule has 3 rings (SSSR count). The third-order valence-electron chi connectivity index (χ3n) is 4.58. The Morgan fingerprint density at radius 1 is 1.28 bits per heavy atom. The van der Waals surface area contributed by atoms with Crippen LogP contribution in [0.4, 0.5) is 8.78 Å². The minimum atomic E-state index is -0.843. The molecule has 25 heavy (non-hydrogen) atoms. The molecule has 2 aromatic rings. The van der Waals surface area contributed by atoms with Gasteiger partial charge in [0.25, 0.3) is 0 Å². The molecule has 1 aromatic carbocycles. The number of halogens is 3. The molecular formula is C17H21ClF2N4O. The van der Waals surface area contributed by atoms with Crippen LogP contribution in [0, 0.1) is 11.6 Å². The maximum absolute atomic E-state index is 13.9. The van der Waals surface area contributed by atoms with E-state index < -0.39 is 23.2 Å². The van der Waals surface area contributed by atoms with Crippen LogP contribution in [0.2, 0.25) is 0 Å². The second-order valence-corrected chi connectivity index (χ2v) is 6.06. The highest BCUT2D eigenvalue weighted by Crippen LogP contribution is 2.29. The summed E-state index contributed by atoms with van der Waals surface area (Å²) < 4.78 is 29.5. The first-order chi connectivity index (χ1) is 11.5. The Kier molecular flexibility index (Phi) is 6.13. The fourth-order valence-electron chi connectivity index (χ4n) is 3.25. The number of hydrogen-bond donors (Lipinski definition) is 2. The molecular weight excluding hydrogens is 350 g/mol. The predicted molar refractivity (Wildman–Crippen MR) is 92.5 cm³/mol. The Balaban J connectivity index is 0.00000225. The summed E-state index contributed by atoms with van der Waals surface area (Å²) in [5.41, 5.74) is -0.972. The topological polar surface area (TPSA) is 59.0 Å². The highest BCUT2D eigenvalue weighted by Gasteiger charge is 2.42. The number of aromatic nitrogens is 2. The first kappa shape index (κ1) is 19.3. The Morgan fingerprint density at radius 2 is 1.92 bits per heavy atom. The van der Waals surface area contributed by atoms with Gasteiger partial charge in [-0.15, -0.1) is 12.4 Å². The van der Waals surface area contributed by atoms with Crippen molar-refractivity contribution in [2.45, 2.75) is 31.3 Å². The monoisotopic (exact) mass is 370 g/mol. The summed E-state index contributed by atoms with van der Waals surface area (Å²) in [7, 11) is 0. The zero-order valence-corrected chi connectivity index (χ0v) is 14.7. The van der Waals surface area contributed by atoms with Gasteiger partial charge >= 0.3 is 0 Å². The molecule has 0 aliphatic carbocycles. The van der Waals surface area contributed by atoms with Crippen LogP contribution in [-0.2, 0) is 10.3 Å². The lowest BCUT2D eigenvalue weighted by atomic mass is 9.87. The Morgan fingerprint density at radius 3 is 2.48 bits per heavy atom. The first-order valence-electron chi connectivity index (χ1n) is 8.00. The normalized spacial score (nSPS) is 17.4. The van der Waals surface area contributed by atoms with Crippen LogP contribution in [0.25, 0.3) is 0 Å². The van der Waals surface area contributed by atoms with Crippen molar-refractivity contribution in [1.82, 2.24) is 20.4 Å². The lowest BCUT2D eigenvalue weighted by molar-refractivity contribution is -0.132. The third-order valence-corrected chi connectivity index (χ3v) is 4.58. The molecule has 1 aliphatic heterocycles. The molecule has 0 bridgehead atoms. The van der Waals surface area contributed by atoms with Crippen LogP contribution in [-0.4, -0.2) is 28.8 Å². The fraction of sp³-hybridized carbons (Fsp3) is 0.412. The zero-order chi connectivity index (χ0) is 17.2. The molecule has 2 heterocycles. The number of carbonyl (C=O) groups excluding carboxylic acids is 1. The van der Waals surface area contributed by atoms with Gasteiger partial charge in [0, 0.05) is 18.0 Å². The SMILES string of the molecule is CC(NC(=O)C1(n2cccn2)CCNCC1)c1c(F)cccc1F.Cl. The Bertz CT molecular complexity index is 697. The van der Waals surface area contributed by atoms with Crippen molar-refractivity contribution in [3.05, 3.63) is 53.9 Å². The van der Waals surface area contributed by atoms with Gasteiger partial charge in [-0.3, -0.25) is 9.48 Å². The van der Waals surface area contributed by atoms with E-state index in [1.165, 1.54) is 18.2 Å². The maximum Gasteiger partial charge on any atom is 0.248 e. The van der Waals surface area contributed by atoms with E-state index in [4.69, 9.17) is 0 Å². The average molecular weight is 371 g/mol. The van der Waals surface area contributed by atoms with E-state index in [0.29, 0.717) is 25.9 Å². The summed E-state index contributed by atoms with van der Waals surface area (Å²) in [5.74, 6) is -1.61. The van der Waals surface area contributed by atoms with Crippen LogP contribution >= 0.6 is 12.4 Å². The van der Waals surface area contributed by atoms with Crippen LogP contribution in [0.3, 0.4) is 0 Å². The number of piperidine rings is 1. The molecule has 136 valence electrons. The summed E-state index contributed by atoms with van der Waals surface area (Å²) >= 11 is 0. The van der Waals surface area contributed by atoms with E-state index in [2.05, 4.69) is 15.7 Å². The molecule has 5 nitrogen and oxygen atoms in total. The second-order valence-electron chi connectivity index (χ2n) is 6.06. The van der Waals surface area contributed by atoms with Gasteiger partial charge < -0.3 is 10.6 Å². The van der Waals surface area contributed by atoms with Crippen molar-refractivity contribution in [2.24, 2.45) is 0 Å². The molecule has 8 heteroatoms. The van der Waals surface area contributed by atoms with E-state index in [-0.39, 0.29) is 23.9 Å². The van der Waals surface area contributed by atoms with Gasteiger partial charge in [-0.05, 0) is 51.1 Å². The van der Waals surface area contributed by atoms with Crippen LogP contribution < -0.4 is 10.6 Å². The number of nitrogens with one attached hydrogen (secondary N) is 2. The van der Waals surface area contributed by atoms with Crippen molar-refractivity contribution in [2.75, 3.05) is 13.1 Å². The van der Waals surface area contributed by atoms with Gasteiger partial charge in [0.1, 0.15) is 17.2 Å². The predicted octanol–water partition coefficient (Wildman–Crippen LogP) is 2.54. The molecule has 1 amide bonds. The van der Waals surface area contributed by atoms with Crippen molar-refractivity contribution in [1.29, 1.82) is 0 Å². The summed E-state index contributed by atoms with van der Waals surface area (Å²) in [4.78, 5) is 13.0. The fourth-order valence-corrected chi connectivity index (χ4v) is 3.25. The molecule has 0 radical (unpaired) electrons. The highest BCUT2D eigenvalue weighted by molar-refractivity contribution is 5.85. The van der Waals surface area contributed by atoms with Crippen molar-refractivity contribution >= 4 is 18.3 Å². The second kappa shape index (κ2) is 7.93. The Hall–Kier alpha value is -1.99. The molecule has 2 N–H and O–H groups in total. The van der Waals surface area contributed by atoms with Gasteiger partial charge in [-0.1, -0.05) is 6.07 Å².